The van der Waals surface area contributed by atoms with Gasteiger partial charge in [0.1, 0.15) is 11.6 Å². The number of nitrogen functional groups attached to an aromatic ring is 1. The Morgan fingerprint density at radius 1 is 1.60 bits per heavy atom. The lowest BCUT2D eigenvalue weighted by Gasteiger charge is -2.09. The Labute approximate surface area is 86.6 Å². The van der Waals surface area contributed by atoms with Crippen LogP contribution >= 0.6 is 11.6 Å². The zero-order valence-electron chi connectivity index (χ0n) is 7.18. The Bertz CT molecular complexity index is 416. The molecule has 0 bridgehead atoms. The molecule has 1 heterocycles. The van der Waals surface area contributed by atoms with Crippen LogP contribution in [0.5, 0.6) is 0 Å². The maximum Gasteiger partial charge on any atom is 0.408 e. The van der Waals surface area contributed by atoms with E-state index in [1.54, 1.807) is 0 Å². The van der Waals surface area contributed by atoms with Crippen molar-refractivity contribution in [3.05, 3.63) is 21.6 Å². The standard InChI is InChI=1S/C6H6ClF3N4O/c7-4-3(13-11)1-12-14(5(4)15)2-6(8,9)10/h1,13H,2,11H2. The number of hydrogen-bond acceptors (Lipinski definition) is 4. The van der Waals surface area contributed by atoms with E-state index in [2.05, 4.69) is 5.10 Å². The molecule has 1 aromatic rings. The Kier molecular flexibility index (Phi) is 3.20. The number of nitrogens with zero attached hydrogens (tertiary/aromatic N) is 2. The molecule has 0 saturated carbocycles. The number of rotatable bonds is 2. The summed E-state index contributed by atoms with van der Waals surface area (Å²) < 4.78 is 36.1. The van der Waals surface area contributed by atoms with Crippen LogP contribution in [0.25, 0.3) is 0 Å². The Balaban J connectivity index is 3.13. The largest absolute Gasteiger partial charge is 0.408 e. The Morgan fingerprint density at radius 2 is 2.20 bits per heavy atom. The maximum atomic E-state index is 12.0. The van der Waals surface area contributed by atoms with Crippen molar-refractivity contribution in [1.82, 2.24) is 9.78 Å². The number of aromatic nitrogens is 2. The molecule has 0 unspecified atom stereocenters. The van der Waals surface area contributed by atoms with Crippen molar-refractivity contribution in [1.29, 1.82) is 0 Å². The summed E-state index contributed by atoms with van der Waals surface area (Å²) in [7, 11) is 0. The summed E-state index contributed by atoms with van der Waals surface area (Å²) in [5, 5.41) is 2.82. The molecule has 0 aliphatic carbocycles. The van der Waals surface area contributed by atoms with Crippen LogP contribution < -0.4 is 16.8 Å². The van der Waals surface area contributed by atoms with Gasteiger partial charge >= 0.3 is 6.18 Å². The molecule has 0 aliphatic heterocycles. The third kappa shape index (κ3) is 2.83. The summed E-state index contributed by atoms with van der Waals surface area (Å²) in [4.78, 5) is 11.2. The van der Waals surface area contributed by atoms with Crippen LogP contribution in [0.15, 0.2) is 11.0 Å². The minimum absolute atomic E-state index is 0.0277. The molecule has 0 radical (unpaired) electrons. The number of halogens is 4. The van der Waals surface area contributed by atoms with Crippen LogP contribution in [0, 0.1) is 0 Å². The molecule has 3 N–H and O–H groups in total. The molecule has 84 valence electrons. The predicted octanol–water partition coefficient (Wildman–Crippen LogP) is 0.745. The smallest absolute Gasteiger partial charge is 0.321 e. The number of nitrogens with one attached hydrogen (secondary N) is 1. The van der Waals surface area contributed by atoms with Crippen LogP contribution in [-0.4, -0.2) is 16.0 Å². The molecule has 1 rings (SSSR count). The fourth-order valence-corrected chi connectivity index (χ4v) is 1.05. The van der Waals surface area contributed by atoms with Crippen molar-refractivity contribution in [2.75, 3.05) is 5.43 Å². The second-order valence-electron chi connectivity index (χ2n) is 2.59. The molecular weight excluding hydrogens is 237 g/mol. The van der Waals surface area contributed by atoms with E-state index in [4.69, 9.17) is 17.4 Å². The molecule has 0 atom stereocenters. The van der Waals surface area contributed by atoms with Crippen LogP contribution in [0.1, 0.15) is 0 Å². The van der Waals surface area contributed by atoms with Gasteiger partial charge in [-0.2, -0.15) is 18.3 Å². The average molecular weight is 243 g/mol. The first-order valence-corrected chi connectivity index (χ1v) is 4.02. The van der Waals surface area contributed by atoms with E-state index in [1.807, 2.05) is 5.43 Å². The van der Waals surface area contributed by atoms with E-state index in [-0.39, 0.29) is 10.4 Å². The second kappa shape index (κ2) is 4.07. The molecule has 0 spiro atoms. The van der Waals surface area contributed by atoms with Crippen LogP contribution in [-0.2, 0) is 6.54 Å². The van der Waals surface area contributed by atoms with Gasteiger partial charge in [-0.15, -0.1) is 0 Å². The topological polar surface area (TPSA) is 72.9 Å². The van der Waals surface area contributed by atoms with Gasteiger partial charge in [0.25, 0.3) is 5.56 Å². The molecule has 0 aromatic carbocycles. The summed E-state index contributed by atoms with van der Waals surface area (Å²) in [6.45, 7) is -1.49. The molecule has 15 heavy (non-hydrogen) atoms. The van der Waals surface area contributed by atoms with Gasteiger partial charge in [-0.25, -0.2) is 4.68 Å². The monoisotopic (exact) mass is 242 g/mol. The Morgan fingerprint density at radius 3 is 2.67 bits per heavy atom. The van der Waals surface area contributed by atoms with Gasteiger partial charge in [0.2, 0.25) is 0 Å². The minimum atomic E-state index is -4.53. The van der Waals surface area contributed by atoms with Gasteiger partial charge < -0.3 is 5.43 Å². The first-order valence-electron chi connectivity index (χ1n) is 3.64. The van der Waals surface area contributed by atoms with Gasteiger partial charge in [-0.3, -0.25) is 10.6 Å². The van der Waals surface area contributed by atoms with Crippen molar-refractivity contribution in [3.8, 4) is 0 Å². The summed E-state index contributed by atoms with van der Waals surface area (Å²) in [5.41, 5.74) is 0.958. The van der Waals surface area contributed by atoms with Crippen LogP contribution in [0.4, 0.5) is 18.9 Å². The second-order valence-corrected chi connectivity index (χ2v) is 2.97. The van der Waals surface area contributed by atoms with Crippen LogP contribution in [0.2, 0.25) is 5.02 Å². The predicted molar refractivity (Wildman–Crippen MR) is 47.4 cm³/mol. The van der Waals surface area contributed by atoms with Gasteiger partial charge in [-0.1, -0.05) is 11.6 Å². The van der Waals surface area contributed by atoms with Crippen molar-refractivity contribution in [3.63, 3.8) is 0 Å². The molecule has 0 aliphatic rings. The van der Waals surface area contributed by atoms with Gasteiger partial charge in [0.05, 0.1) is 11.9 Å². The Hall–Kier alpha value is -1.28. The lowest BCUT2D eigenvalue weighted by atomic mass is 10.4. The number of anilines is 1. The molecule has 5 nitrogen and oxygen atoms in total. The quantitative estimate of drug-likeness (QED) is 0.593. The van der Waals surface area contributed by atoms with Gasteiger partial charge in [0.15, 0.2) is 0 Å². The SMILES string of the molecule is NNc1cnn(CC(F)(F)F)c(=O)c1Cl. The highest BCUT2D eigenvalue weighted by Gasteiger charge is 2.29. The number of alkyl halides is 3. The number of hydrazine groups is 1. The van der Waals surface area contributed by atoms with E-state index >= 15 is 0 Å². The zero-order valence-corrected chi connectivity index (χ0v) is 7.93. The van der Waals surface area contributed by atoms with E-state index < -0.39 is 23.3 Å². The van der Waals surface area contributed by atoms with Crippen molar-refractivity contribution in [2.24, 2.45) is 5.84 Å². The fourth-order valence-electron chi connectivity index (χ4n) is 0.848. The first-order chi connectivity index (χ1) is 6.85. The van der Waals surface area contributed by atoms with Gasteiger partial charge in [-0.05, 0) is 0 Å². The molecule has 0 fully saturated rings. The summed E-state index contributed by atoms with van der Waals surface area (Å²) in [6, 6.07) is 0. The first kappa shape index (κ1) is 11.8. The third-order valence-electron chi connectivity index (χ3n) is 1.47. The molecule has 0 saturated heterocycles. The molecule has 9 heteroatoms. The van der Waals surface area contributed by atoms with Crippen molar-refractivity contribution in [2.45, 2.75) is 12.7 Å². The van der Waals surface area contributed by atoms with Crippen molar-refractivity contribution >= 4 is 17.3 Å². The normalized spacial score (nSPS) is 11.5. The van der Waals surface area contributed by atoms with E-state index in [0.717, 1.165) is 6.20 Å². The summed E-state index contributed by atoms with van der Waals surface area (Å²) in [5.74, 6) is 4.95. The molecular formula is C6H6ClF3N4O. The van der Waals surface area contributed by atoms with Crippen molar-refractivity contribution < 1.29 is 13.2 Å². The fraction of sp³-hybridized carbons (Fsp3) is 0.333. The molecule has 1 aromatic heterocycles. The van der Waals surface area contributed by atoms with E-state index in [9.17, 15) is 18.0 Å². The zero-order chi connectivity index (χ0) is 11.6. The number of nitrogens with two attached hydrogens (primary N) is 1. The van der Waals surface area contributed by atoms with Crippen LogP contribution in [0.3, 0.4) is 0 Å². The minimum Gasteiger partial charge on any atom is -0.321 e. The average Bonchev–Trinajstić information content (AvgIpc) is 2.11. The maximum absolute atomic E-state index is 12.0. The lowest BCUT2D eigenvalue weighted by molar-refractivity contribution is -0.143. The highest BCUT2D eigenvalue weighted by Crippen LogP contribution is 2.18. The highest BCUT2D eigenvalue weighted by atomic mass is 35.5. The van der Waals surface area contributed by atoms with Gasteiger partial charge in [0, 0.05) is 0 Å². The lowest BCUT2D eigenvalue weighted by Crippen LogP contribution is -2.31. The third-order valence-corrected chi connectivity index (χ3v) is 1.83. The van der Waals surface area contributed by atoms with E-state index in [0.29, 0.717) is 0 Å². The molecule has 0 amide bonds. The highest BCUT2D eigenvalue weighted by molar-refractivity contribution is 6.32. The summed E-state index contributed by atoms with van der Waals surface area (Å²) in [6.07, 6.45) is -3.59. The van der Waals surface area contributed by atoms with E-state index in [1.165, 1.54) is 0 Å². The summed E-state index contributed by atoms with van der Waals surface area (Å²) >= 11 is 5.44. The number of hydrogen-bond donors (Lipinski definition) is 2.